The van der Waals surface area contributed by atoms with Crippen molar-refractivity contribution in [1.29, 1.82) is 0 Å². The van der Waals surface area contributed by atoms with Crippen LogP contribution in [0, 0.1) is 0 Å². The second kappa shape index (κ2) is 5.38. The SMILES string of the molecule is NC(=O)c1cnn(CCCn2cc(N)ccc2=O)c1. The van der Waals surface area contributed by atoms with Crippen molar-refractivity contribution in [2.24, 2.45) is 5.73 Å². The Morgan fingerprint density at radius 2 is 2.05 bits per heavy atom. The van der Waals surface area contributed by atoms with E-state index in [9.17, 15) is 9.59 Å². The zero-order chi connectivity index (χ0) is 13.8. The molecule has 7 nitrogen and oxygen atoms in total. The van der Waals surface area contributed by atoms with E-state index in [1.54, 1.807) is 27.7 Å². The lowest BCUT2D eigenvalue weighted by atomic mass is 10.3. The number of anilines is 1. The molecule has 100 valence electrons. The van der Waals surface area contributed by atoms with Gasteiger partial charge >= 0.3 is 0 Å². The molecule has 0 fully saturated rings. The largest absolute Gasteiger partial charge is 0.398 e. The number of rotatable bonds is 5. The first-order chi connectivity index (χ1) is 9.06. The molecule has 0 radical (unpaired) electrons. The molecule has 2 aromatic heterocycles. The van der Waals surface area contributed by atoms with Crippen molar-refractivity contribution in [3.05, 3.63) is 46.6 Å². The molecule has 1 amide bonds. The summed E-state index contributed by atoms with van der Waals surface area (Å²) >= 11 is 0. The second-order valence-electron chi connectivity index (χ2n) is 4.20. The second-order valence-corrected chi connectivity index (χ2v) is 4.20. The highest BCUT2D eigenvalue weighted by Gasteiger charge is 2.03. The Morgan fingerprint density at radius 3 is 2.74 bits per heavy atom. The number of aromatic nitrogens is 3. The number of primary amides is 1. The molecule has 0 unspecified atom stereocenters. The van der Waals surface area contributed by atoms with E-state index in [0.29, 0.717) is 30.8 Å². The number of nitrogens with zero attached hydrogens (tertiary/aromatic N) is 3. The number of nitrogens with two attached hydrogens (primary N) is 2. The van der Waals surface area contributed by atoms with Gasteiger partial charge in [-0.05, 0) is 12.5 Å². The van der Waals surface area contributed by atoms with Crippen LogP contribution in [0.5, 0.6) is 0 Å². The minimum atomic E-state index is -0.502. The number of pyridine rings is 1. The fourth-order valence-corrected chi connectivity index (χ4v) is 1.74. The van der Waals surface area contributed by atoms with Gasteiger partial charge in [0.1, 0.15) is 0 Å². The lowest BCUT2D eigenvalue weighted by Gasteiger charge is -2.06. The fourth-order valence-electron chi connectivity index (χ4n) is 1.74. The number of amides is 1. The maximum absolute atomic E-state index is 11.5. The first-order valence-corrected chi connectivity index (χ1v) is 5.84. The van der Waals surface area contributed by atoms with Gasteiger partial charge in [0.15, 0.2) is 0 Å². The van der Waals surface area contributed by atoms with Crippen molar-refractivity contribution in [2.45, 2.75) is 19.5 Å². The molecule has 4 N–H and O–H groups in total. The van der Waals surface area contributed by atoms with Gasteiger partial charge < -0.3 is 16.0 Å². The van der Waals surface area contributed by atoms with Gasteiger partial charge in [0.25, 0.3) is 11.5 Å². The van der Waals surface area contributed by atoms with E-state index in [2.05, 4.69) is 5.10 Å². The van der Waals surface area contributed by atoms with Gasteiger partial charge in [-0.25, -0.2) is 0 Å². The van der Waals surface area contributed by atoms with Crippen molar-refractivity contribution in [3.8, 4) is 0 Å². The van der Waals surface area contributed by atoms with Gasteiger partial charge in [-0.1, -0.05) is 0 Å². The zero-order valence-corrected chi connectivity index (χ0v) is 10.3. The van der Waals surface area contributed by atoms with E-state index in [1.807, 2.05) is 0 Å². The summed E-state index contributed by atoms with van der Waals surface area (Å²) in [6.45, 7) is 1.13. The van der Waals surface area contributed by atoms with E-state index in [-0.39, 0.29) is 5.56 Å². The summed E-state index contributed by atoms with van der Waals surface area (Å²) in [5, 5.41) is 4.01. The monoisotopic (exact) mass is 261 g/mol. The summed E-state index contributed by atoms with van der Waals surface area (Å²) in [6.07, 6.45) is 5.32. The van der Waals surface area contributed by atoms with Crippen molar-refractivity contribution >= 4 is 11.6 Å². The number of hydrogen-bond donors (Lipinski definition) is 2. The minimum Gasteiger partial charge on any atom is -0.398 e. The zero-order valence-electron chi connectivity index (χ0n) is 10.3. The summed E-state index contributed by atoms with van der Waals surface area (Å²) in [5.74, 6) is -0.502. The summed E-state index contributed by atoms with van der Waals surface area (Å²) in [6, 6.07) is 3.01. The minimum absolute atomic E-state index is 0.0903. The Kier molecular flexibility index (Phi) is 3.65. The molecule has 19 heavy (non-hydrogen) atoms. The van der Waals surface area contributed by atoms with Crippen LogP contribution in [0.15, 0.2) is 35.5 Å². The van der Waals surface area contributed by atoms with Crippen molar-refractivity contribution < 1.29 is 4.79 Å². The number of carbonyl (C=O) groups is 1. The average molecular weight is 261 g/mol. The first kappa shape index (κ1) is 12.9. The summed E-state index contributed by atoms with van der Waals surface area (Å²) < 4.78 is 3.17. The number of hydrogen-bond acceptors (Lipinski definition) is 4. The van der Waals surface area contributed by atoms with Crippen LogP contribution < -0.4 is 17.0 Å². The lowest BCUT2D eigenvalue weighted by Crippen LogP contribution is -2.19. The summed E-state index contributed by atoms with van der Waals surface area (Å²) in [4.78, 5) is 22.4. The Bertz CT molecular complexity index is 644. The van der Waals surface area contributed by atoms with E-state index in [1.165, 1.54) is 12.3 Å². The van der Waals surface area contributed by atoms with Gasteiger partial charge in [0.2, 0.25) is 0 Å². The number of carbonyl (C=O) groups excluding carboxylic acids is 1. The highest BCUT2D eigenvalue weighted by molar-refractivity contribution is 5.92. The van der Waals surface area contributed by atoms with Crippen molar-refractivity contribution in [3.63, 3.8) is 0 Å². The average Bonchev–Trinajstić information content (AvgIpc) is 2.82. The summed E-state index contributed by atoms with van der Waals surface area (Å²) in [5.41, 5.74) is 11.6. The van der Waals surface area contributed by atoms with Crippen molar-refractivity contribution in [1.82, 2.24) is 14.3 Å². The Hall–Kier alpha value is -2.57. The molecular formula is C12H15N5O2. The number of aryl methyl sites for hydroxylation is 2. The molecule has 0 aromatic carbocycles. The maximum atomic E-state index is 11.5. The Balaban J connectivity index is 1.94. The van der Waals surface area contributed by atoms with Crippen LogP contribution in [-0.4, -0.2) is 20.3 Å². The molecule has 0 aliphatic carbocycles. The molecule has 0 atom stereocenters. The van der Waals surface area contributed by atoms with Crippen LogP contribution in [0.3, 0.4) is 0 Å². The third-order valence-corrected chi connectivity index (χ3v) is 2.71. The van der Waals surface area contributed by atoms with Gasteiger partial charge in [-0.3, -0.25) is 14.3 Å². The van der Waals surface area contributed by atoms with Gasteiger partial charge in [0.05, 0.1) is 11.8 Å². The molecule has 0 aliphatic heterocycles. The van der Waals surface area contributed by atoms with E-state index in [0.717, 1.165) is 0 Å². The normalized spacial score (nSPS) is 10.5. The molecule has 0 spiro atoms. The molecule has 2 heterocycles. The Labute approximate surface area is 109 Å². The molecular weight excluding hydrogens is 246 g/mol. The highest BCUT2D eigenvalue weighted by atomic mass is 16.1. The van der Waals surface area contributed by atoms with Crippen LogP contribution in [0.2, 0.25) is 0 Å². The Morgan fingerprint density at radius 1 is 1.26 bits per heavy atom. The van der Waals surface area contributed by atoms with Gasteiger partial charge in [0, 0.05) is 37.2 Å². The fraction of sp³-hybridized carbons (Fsp3) is 0.250. The molecule has 7 heteroatoms. The third-order valence-electron chi connectivity index (χ3n) is 2.71. The quantitative estimate of drug-likeness (QED) is 0.777. The maximum Gasteiger partial charge on any atom is 0.251 e. The molecule has 0 aliphatic rings. The summed E-state index contributed by atoms with van der Waals surface area (Å²) in [7, 11) is 0. The van der Waals surface area contributed by atoms with Crippen molar-refractivity contribution in [2.75, 3.05) is 5.73 Å². The predicted molar refractivity (Wildman–Crippen MR) is 70.5 cm³/mol. The molecule has 0 saturated heterocycles. The van der Waals surface area contributed by atoms with Crippen LogP contribution in [0.1, 0.15) is 16.8 Å². The number of nitrogen functional groups attached to an aromatic ring is 1. The molecule has 0 bridgehead atoms. The van der Waals surface area contributed by atoms with E-state index < -0.39 is 5.91 Å². The van der Waals surface area contributed by atoms with Gasteiger partial charge in [-0.15, -0.1) is 0 Å². The van der Waals surface area contributed by atoms with Crippen LogP contribution in [0.4, 0.5) is 5.69 Å². The molecule has 2 rings (SSSR count). The van der Waals surface area contributed by atoms with Crippen LogP contribution >= 0.6 is 0 Å². The topological polar surface area (TPSA) is 109 Å². The third kappa shape index (κ3) is 3.21. The first-order valence-electron chi connectivity index (χ1n) is 5.84. The smallest absolute Gasteiger partial charge is 0.251 e. The standard InChI is InChI=1S/C12H15N5O2/c13-10-2-3-11(18)16(8-10)4-1-5-17-7-9(6-15-17)12(14)19/h2-3,6-8H,1,4-5,13H2,(H2,14,19). The predicted octanol–water partition coefficient (Wildman–Crippen LogP) is -0.184. The van der Waals surface area contributed by atoms with Gasteiger partial charge in [-0.2, -0.15) is 5.10 Å². The molecule has 0 saturated carbocycles. The van der Waals surface area contributed by atoms with E-state index >= 15 is 0 Å². The highest BCUT2D eigenvalue weighted by Crippen LogP contribution is 2.00. The molecule has 2 aromatic rings. The van der Waals surface area contributed by atoms with E-state index in [4.69, 9.17) is 11.5 Å². The lowest BCUT2D eigenvalue weighted by molar-refractivity contribution is 0.1000. The van der Waals surface area contributed by atoms with Crippen LogP contribution in [0.25, 0.3) is 0 Å². The van der Waals surface area contributed by atoms with Crippen LogP contribution in [-0.2, 0) is 13.1 Å².